The van der Waals surface area contributed by atoms with Gasteiger partial charge in [-0.2, -0.15) is 0 Å². The normalized spacial score (nSPS) is 18.6. The van der Waals surface area contributed by atoms with Crippen molar-refractivity contribution < 1.29 is 9.90 Å². The highest BCUT2D eigenvalue weighted by molar-refractivity contribution is 6.30. The van der Waals surface area contributed by atoms with Crippen molar-refractivity contribution >= 4 is 23.2 Å². The molecule has 1 aliphatic rings. The number of nitrogens with one attached hydrogen (secondary N) is 2. The molecule has 0 bridgehead atoms. The molecule has 2 aromatic carbocycles. The first-order valence-corrected chi connectivity index (χ1v) is 8.07. The molecule has 0 aromatic heterocycles. The van der Waals surface area contributed by atoms with Crippen LogP contribution in [0.4, 0.5) is 5.69 Å². The SMILES string of the molecule is O=C(Nc1ccc(C(O)C2CCNC2)cc1)c1ccc(Cl)cc1. The summed E-state index contributed by atoms with van der Waals surface area (Å²) in [6.07, 6.45) is 0.516. The number of hydrogen-bond acceptors (Lipinski definition) is 3. The molecular formula is C18H19ClN2O2. The fraction of sp³-hybridized carbons (Fsp3) is 0.278. The molecule has 0 aliphatic carbocycles. The van der Waals surface area contributed by atoms with Gasteiger partial charge in [0.05, 0.1) is 6.10 Å². The van der Waals surface area contributed by atoms with Crippen molar-refractivity contribution in [1.29, 1.82) is 0 Å². The van der Waals surface area contributed by atoms with Crippen LogP contribution < -0.4 is 10.6 Å². The van der Waals surface area contributed by atoms with Gasteiger partial charge in [0.2, 0.25) is 0 Å². The number of aliphatic hydroxyl groups excluding tert-OH is 1. The predicted molar refractivity (Wildman–Crippen MR) is 91.8 cm³/mol. The first-order chi connectivity index (χ1) is 11.1. The zero-order valence-electron chi connectivity index (χ0n) is 12.6. The van der Waals surface area contributed by atoms with Crippen molar-refractivity contribution in [2.24, 2.45) is 5.92 Å². The third-order valence-electron chi connectivity index (χ3n) is 4.16. The van der Waals surface area contributed by atoms with Crippen molar-refractivity contribution in [3.8, 4) is 0 Å². The number of carbonyl (C=O) groups excluding carboxylic acids is 1. The van der Waals surface area contributed by atoms with Gasteiger partial charge in [-0.1, -0.05) is 23.7 Å². The fourth-order valence-corrected chi connectivity index (χ4v) is 2.91. The Morgan fingerprint density at radius 2 is 1.87 bits per heavy atom. The second-order valence-electron chi connectivity index (χ2n) is 5.78. The maximum absolute atomic E-state index is 12.1. The number of anilines is 1. The van der Waals surface area contributed by atoms with E-state index in [0.29, 0.717) is 16.3 Å². The van der Waals surface area contributed by atoms with Gasteiger partial charge in [-0.25, -0.2) is 0 Å². The molecule has 3 N–H and O–H groups in total. The highest BCUT2D eigenvalue weighted by atomic mass is 35.5. The second-order valence-corrected chi connectivity index (χ2v) is 6.22. The van der Waals surface area contributed by atoms with E-state index >= 15 is 0 Å². The summed E-state index contributed by atoms with van der Waals surface area (Å²) in [5, 5.41) is 17.0. The Balaban J connectivity index is 1.65. The van der Waals surface area contributed by atoms with Gasteiger partial charge in [-0.3, -0.25) is 4.79 Å². The van der Waals surface area contributed by atoms with Gasteiger partial charge < -0.3 is 15.7 Å². The van der Waals surface area contributed by atoms with E-state index in [-0.39, 0.29) is 11.8 Å². The summed E-state index contributed by atoms with van der Waals surface area (Å²) < 4.78 is 0. The van der Waals surface area contributed by atoms with E-state index in [1.54, 1.807) is 24.3 Å². The highest BCUT2D eigenvalue weighted by Gasteiger charge is 2.24. The Bertz CT molecular complexity index is 664. The molecule has 0 saturated carbocycles. The first-order valence-electron chi connectivity index (χ1n) is 7.69. The minimum absolute atomic E-state index is 0.185. The molecule has 2 atom stereocenters. The quantitative estimate of drug-likeness (QED) is 0.806. The van der Waals surface area contributed by atoms with Crippen LogP contribution in [0.5, 0.6) is 0 Å². The monoisotopic (exact) mass is 330 g/mol. The van der Waals surface area contributed by atoms with Crippen LogP contribution in [0.2, 0.25) is 5.02 Å². The van der Waals surface area contributed by atoms with Crippen molar-refractivity contribution in [1.82, 2.24) is 5.32 Å². The predicted octanol–water partition coefficient (Wildman–Crippen LogP) is 3.24. The molecule has 1 heterocycles. The van der Waals surface area contributed by atoms with Gasteiger partial charge in [0, 0.05) is 28.7 Å². The molecule has 5 heteroatoms. The molecule has 1 fully saturated rings. The number of rotatable bonds is 4. The highest BCUT2D eigenvalue weighted by Crippen LogP contribution is 2.27. The van der Waals surface area contributed by atoms with Crippen LogP contribution in [-0.4, -0.2) is 24.1 Å². The van der Waals surface area contributed by atoms with E-state index in [1.807, 2.05) is 24.3 Å². The number of hydrogen-bond donors (Lipinski definition) is 3. The van der Waals surface area contributed by atoms with Crippen molar-refractivity contribution in [2.75, 3.05) is 18.4 Å². The summed E-state index contributed by atoms with van der Waals surface area (Å²) in [6.45, 7) is 1.80. The minimum Gasteiger partial charge on any atom is -0.388 e. The number of amides is 1. The van der Waals surface area contributed by atoms with Gasteiger partial charge in [-0.05, 0) is 54.9 Å². The lowest BCUT2D eigenvalue weighted by molar-refractivity contribution is 0.102. The van der Waals surface area contributed by atoms with Gasteiger partial charge in [0.1, 0.15) is 0 Å². The molecule has 1 saturated heterocycles. The zero-order chi connectivity index (χ0) is 16.2. The lowest BCUT2D eigenvalue weighted by atomic mass is 9.95. The number of aliphatic hydroxyl groups is 1. The summed E-state index contributed by atoms with van der Waals surface area (Å²) in [4.78, 5) is 12.1. The van der Waals surface area contributed by atoms with Crippen LogP contribution in [0.25, 0.3) is 0 Å². The second kappa shape index (κ2) is 7.13. The van der Waals surface area contributed by atoms with Crippen LogP contribution in [0.3, 0.4) is 0 Å². The van der Waals surface area contributed by atoms with E-state index in [2.05, 4.69) is 10.6 Å². The topological polar surface area (TPSA) is 61.4 Å². The third-order valence-corrected chi connectivity index (χ3v) is 4.41. The molecule has 4 nitrogen and oxygen atoms in total. The van der Waals surface area contributed by atoms with Crippen LogP contribution in [0.15, 0.2) is 48.5 Å². The fourth-order valence-electron chi connectivity index (χ4n) is 2.79. The van der Waals surface area contributed by atoms with Crippen LogP contribution in [-0.2, 0) is 0 Å². The molecule has 0 spiro atoms. The summed E-state index contributed by atoms with van der Waals surface area (Å²) in [5.74, 6) is 0.0690. The van der Waals surface area contributed by atoms with Gasteiger partial charge in [0.25, 0.3) is 5.91 Å². The Kier molecular flexibility index (Phi) is 4.96. The van der Waals surface area contributed by atoms with E-state index in [9.17, 15) is 9.90 Å². The summed E-state index contributed by atoms with van der Waals surface area (Å²) in [7, 11) is 0. The van der Waals surface area contributed by atoms with Crippen molar-refractivity contribution in [3.05, 3.63) is 64.7 Å². The average Bonchev–Trinajstić information content (AvgIpc) is 3.10. The van der Waals surface area contributed by atoms with Crippen LogP contribution in [0, 0.1) is 5.92 Å². The lowest BCUT2D eigenvalue weighted by Crippen LogP contribution is -2.16. The summed E-state index contributed by atoms with van der Waals surface area (Å²) in [6, 6.07) is 14.1. The molecule has 1 amide bonds. The van der Waals surface area contributed by atoms with Gasteiger partial charge >= 0.3 is 0 Å². The molecule has 3 rings (SSSR count). The van der Waals surface area contributed by atoms with E-state index in [1.165, 1.54) is 0 Å². The summed E-state index contributed by atoms with van der Waals surface area (Å²) in [5.41, 5.74) is 2.13. The zero-order valence-corrected chi connectivity index (χ0v) is 13.4. The van der Waals surface area contributed by atoms with Crippen LogP contribution in [0.1, 0.15) is 28.4 Å². The molecule has 23 heavy (non-hydrogen) atoms. The molecule has 2 unspecified atom stereocenters. The smallest absolute Gasteiger partial charge is 0.255 e. The molecular weight excluding hydrogens is 312 g/mol. The Labute approximate surface area is 140 Å². The maximum Gasteiger partial charge on any atom is 0.255 e. The molecule has 2 aromatic rings. The summed E-state index contributed by atoms with van der Waals surface area (Å²) >= 11 is 5.82. The van der Waals surface area contributed by atoms with E-state index in [0.717, 1.165) is 25.1 Å². The first kappa shape index (κ1) is 16.0. The average molecular weight is 331 g/mol. The Morgan fingerprint density at radius 3 is 2.48 bits per heavy atom. The van der Waals surface area contributed by atoms with Crippen molar-refractivity contribution in [3.63, 3.8) is 0 Å². The Morgan fingerprint density at radius 1 is 1.17 bits per heavy atom. The van der Waals surface area contributed by atoms with Crippen molar-refractivity contribution in [2.45, 2.75) is 12.5 Å². The van der Waals surface area contributed by atoms with E-state index in [4.69, 9.17) is 11.6 Å². The van der Waals surface area contributed by atoms with Gasteiger partial charge in [0.15, 0.2) is 0 Å². The molecule has 0 radical (unpaired) electrons. The van der Waals surface area contributed by atoms with Gasteiger partial charge in [-0.15, -0.1) is 0 Å². The standard InChI is InChI=1S/C18H19ClN2O2/c19-15-5-1-13(2-6-15)18(23)21-16-7-3-12(4-8-16)17(22)14-9-10-20-11-14/h1-8,14,17,20,22H,9-11H2,(H,21,23). The minimum atomic E-state index is -0.467. The molecule has 1 aliphatic heterocycles. The number of benzene rings is 2. The molecule has 120 valence electrons. The number of halogens is 1. The lowest BCUT2D eigenvalue weighted by Gasteiger charge is -2.17. The van der Waals surface area contributed by atoms with E-state index < -0.39 is 6.10 Å². The largest absolute Gasteiger partial charge is 0.388 e. The third kappa shape index (κ3) is 3.91. The maximum atomic E-state index is 12.1. The van der Waals surface area contributed by atoms with Crippen LogP contribution >= 0.6 is 11.6 Å². The Hall–Kier alpha value is -1.88. The number of carbonyl (C=O) groups is 1.